The summed E-state index contributed by atoms with van der Waals surface area (Å²) in [6, 6.07) is 0. The van der Waals surface area contributed by atoms with Crippen LogP contribution in [0.5, 0.6) is 0 Å². The van der Waals surface area contributed by atoms with Crippen molar-refractivity contribution >= 4 is 0 Å². The molecule has 1 saturated heterocycles. The molecule has 1 heterocycles. The number of rotatable bonds is 35. The van der Waals surface area contributed by atoms with E-state index < -0.39 is 0 Å². The van der Waals surface area contributed by atoms with Gasteiger partial charge in [-0.3, -0.25) is 0 Å². The monoisotopic (exact) mass is 661 g/mol. The van der Waals surface area contributed by atoms with Crippen LogP contribution in [0.2, 0.25) is 0 Å². The first kappa shape index (κ1) is 44.1. The Labute approximate surface area is 293 Å². The average Bonchev–Trinajstić information content (AvgIpc) is 3.08. The molecule has 4 nitrogen and oxygen atoms in total. The Balaban J connectivity index is 1.86. The molecule has 1 fully saturated rings. The lowest BCUT2D eigenvalue weighted by Gasteiger charge is -2.27. The summed E-state index contributed by atoms with van der Waals surface area (Å²) >= 11 is 0. The summed E-state index contributed by atoms with van der Waals surface area (Å²) in [4.78, 5) is 0. The van der Waals surface area contributed by atoms with Gasteiger partial charge in [-0.1, -0.05) is 147 Å². The predicted octanol–water partition coefficient (Wildman–Crippen LogP) is 13.1. The van der Waals surface area contributed by atoms with Crippen LogP contribution in [0.15, 0.2) is 36.5 Å². The lowest BCUT2D eigenvalue weighted by atomic mass is 10.1. The van der Waals surface area contributed by atoms with E-state index in [-0.39, 0.29) is 12.4 Å². The zero-order chi connectivity index (χ0) is 33.7. The molecule has 0 saturated carbocycles. The molecule has 0 aromatic heterocycles. The number of aliphatic hydroxyl groups excluding tert-OH is 1. The van der Waals surface area contributed by atoms with Crippen molar-refractivity contribution in [2.24, 2.45) is 0 Å². The minimum absolute atomic E-state index is 0.0227. The fourth-order valence-electron chi connectivity index (χ4n) is 6.28. The van der Waals surface area contributed by atoms with Gasteiger partial charge in [0, 0.05) is 13.2 Å². The van der Waals surface area contributed by atoms with Gasteiger partial charge in [0.05, 0.1) is 18.8 Å². The van der Waals surface area contributed by atoms with E-state index in [0.717, 1.165) is 58.2 Å². The minimum atomic E-state index is -0.294. The third-order valence-electron chi connectivity index (χ3n) is 9.39. The van der Waals surface area contributed by atoms with Gasteiger partial charge >= 0.3 is 0 Å². The van der Waals surface area contributed by atoms with E-state index in [1.54, 1.807) is 0 Å². The smallest absolute Gasteiger partial charge is 0.157 e. The number of allylic oxidation sites excluding steroid dienone is 5. The molecule has 0 aliphatic carbocycles. The fraction of sp³-hybridized carbons (Fsp3) is 0.860. The van der Waals surface area contributed by atoms with Crippen LogP contribution in [-0.4, -0.2) is 43.4 Å². The zero-order valence-electron chi connectivity index (χ0n) is 31.5. The van der Waals surface area contributed by atoms with E-state index in [1.807, 2.05) is 0 Å². The second kappa shape index (κ2) is 36.3. The number of ether oxygens (including phenoxy) is 3. The molecule has 2 unspecified atom stereocenters. The fourth-order valence-corrected chi connectivity index (χ4v) is 6.28. The quantitative estimate of drug-likeness (QED) is 0.0543. The number of aliphatic hydroxyl groups is 1. The first-order valence-corrected chi connectivity index (χ1v) is 20.7. The van der Waals surface area contributed by atoms with Crippen molar-refractivity contribution in [2.75, 3.05) is 19.8 Å². The maximum absolute atomic E-state index is 10.2. The molecule has 4 heteroatoms. The first-order chi connectivity index (χ1) is 23.3. The van der Waals surface area contributed by atoms with Gasteiger partial charge in [-0.2, -0.15) is 0 Å². The van der Waals surface area contributed by atoms with Crippen LogP contribution >= 0.6 is 0 Å². The van der Waals surface area contributed by atoms with Gasteiger partial charge < -0.3 is 19.3 Å². The van der Waals surface area contributed by atoms with E-state index in [9.17, 15) is 5.11 Å². The van der Waals surface area contributed by atoms with Crippen LogP contribution in [0.4, 0.5) is 0 Å². The molecule has 47 heavy (non-hydrogen) atoms. The molecule has 0 radical (unpaired) electrons. The van der Waals surface area contributed by atoms with Crippen LogP contribution < -0.4 is 0 Å². The van der Waals surface area contributed by atoms with E-state index >= 15 is 0 Å². The van der Waals surface area contributed by atoms with E-state index in [0.29, 0.717) is 12.7 Å². The molecular formula is C43H80O4. The minimum Gasteiger partial charge on any atom is -0.391 e. The molecule has 3 atom stereocenters. The van der Waals surface area contributed by atoms with E-state index in [4.69, 9.17) is 14.2 Å². The van der Waals surface area contributed by atoms with Gasteiger partial charge in [-0.15, -0.1) is 0 Å². The summed E-state index contributed by atoms with van der Waals surface area (Å²) in [6.07, 6.45) is 49.6. The van der Waals surface area contributed by atoms with Crippen molar-refractivity contribution in [3.05, 3.63) is 36.5 Å². The lowest BCUT2D eigenvalue weighted by Crippen LogP contribution is -2.27. The second-order valence-corrected chi connectivity index (χ2v) is 14.1. The van der Waals surface area contributed by atoms with Crippen molar-refractivity contribution in [1.29, 1.82) is 0 Å². The Morgan fingerprint density at radius 3 is 1.83 bits per heavy atom. The van der Waals surface area contributed by atoms with Crippen molar-refractivity contribution in [3.63, 3.8) is 0 Å². The Bertz CT molecular complexity index is 696. The Kier molecular flexibility index (Phi) is 34.1. The van der Waals surface area contributed by atoms with Gasteiger partial charge in [-0.05, 0) is 89.9 Å². The molecule has 1 rings (SSSR count). The first-order valence-electron chi connectivity index (χ1n) is 20.7. The van der Waals surface area contributed by atoms with Crippen molar-refractivity contribution in [2.45, 2.75) is 219 Å². The van der Waals surface area contributed by atoms with E-state index in [1.165, 1.54) is 141 Å². The molecule has 0 aromatic rings. The highest BCUT2D eigenvalue weighted by Gasteiger charge is 2.19. The highest BCUT2D eigenvalue weighted by Crippen LogP contribution is 2.20. The largest absolute Gasteiger partial charge is 0.391 e. The topological polar surface area (TPSA) is 47.9 Å². The van der Waals surface area contributed by atoms with Crippen LogP contribution in [0, 0.1) is 0 Å². The summed E-state index contributed by atoms with van der Waals surface area (Å²) in [5.74, 6) is 0. The molecule has 276 valence electrons. The summed E-state index contributed by atoms with van der Waals surface area (Å²) in [6.45, 7) is 6.68. The van der Waals surface area contributed by atoms with Crippen molar-refractivity contribution in [3.8, 4) is 0 Å². The standard InChI is InChI=1S/C43H80O4/c1-3-5-7-9-10-11-12-13-14-15-16-17-19-22-25-28-34-41(44)40-45-38-32-27-24-21-18-20-23-26-30-36-42(35-29-8-6-4-2)47-43-37-31-33-39-46-43/h10-11,13-14,26,30,41-44H,3-9,12,15-25,27-29,31-40H2,1-2H3/t41?,42-,43?/m1/s1. The Morgan fingerprint density at radius 2 is 1.17 bits per heavy atom. The summed E-state index contributed by atoms with van der Waals surface area (Å²) in [5, 5.41) is 10.2. The van der Waals surface area contributed by atoms with Gasteiger partial charge in [0.1, 0.15) is 0 Å². The number of unbranched alkanes of at least 4 members (excludes halogenated alkanes) is 18. The van der Waals surface area contributed by atoms with Crippen LogP contribution in [0.1, 0.15) is 200 Å². The van der Waals surface area contributed by atoms with Crippen LogP contribution in [0.3, 0.4) is 0 Å². The highest BCUT2D eigenvalue weighted by atomic mass is 16.7. The van der Waals surface area contributed by atoms with Gasteiger partial charge in [0.2, 0.25) is 0 Å². The number of hydrogen-bond acceptors (Lipinski definition) is 4. The molecular weight excluding hydrogens is 580 g/mol. The average molecular weight is 661 g/mol. The number of hydrogen-bond donors (Lipinski definition) is 1. The molecule has 0 aromatic carbocycles. The van der Waals surface area contributed by atoms with Crippen molar-refractivity contribution < 1.29 is 19.3 Å². The molecule has 0 bridgehead atoms. The van der Waals surface area contributed by atoms with Gasteiger partial charge in [0.15, 0.2) is 6.29 Å². The van der Waals surface area contributed by atoms with Crippen LogP contribution in [-0.2, 0) is 14.2 Å². The second-order valence-electron chi connectivity index (χ2n) is 14.1. The van der Waals surface area contributed by atoms with Gasteiger partial charge in [0.25, 0.3) is 0 Å². The summed E-state index contributed by atoms with van der Waals surface area (Å²) in [5.41, 5.74) is 0. The third kappa shape index (κ3) is 32.0. The third-order valence-corrected chi connectivity index (χ3v) is 9.39. The molecule has 1 N–H and O–H groups in total. The van der Waals surface area contributed by atoms with Crippen LogP contribution in [0.25, 0.3) is 0 Å². The Morgan fingerprint density at radius 1 is 0.617 bits per heavy atom. The maximum Gasteiger partial charge on any atom is 0.157 e. The highest BCUT2D eigenvalue weighted by molar-refractivity contribution is 4.92. The van der Waals surface area contributed by atoms with Crippen molar-refractivity contribution in [1.82, 2.24) is 0 Å². The normalized spacial score (nSPS) is 17.0. The van der Waals surface area contributed by atoms with Gasteiger partial charge in [-0.25, -0.2) is 0 Å². The molecule has 1 aliphatic rings. The molecule has 0 amide bonds. The SMILES string of the molecule is CCCCCC=CCC=CCCCCCCCCC(O)COCCCCCCCCC=CC[C@@H](CCCCCC)OC1CCCCO1. The lowest BCUT2D eigenvalue weighted by molar-refractivity contribution is -0.188. The Hall–Kier alpha value is -0.940. The molecule has 1 aliphatic heterocycles. The molecule has 0 spiro atoms. The van der Waals surface area contributed by atoms with E-state index in [2.05, 4.69) is 50.3 Å². The summed E-state index contributed by atoms with van der Waals surface area (Å²) < 4.78 is 17.9. The summed E-state index contributed by atoms with van der Waals surface area (Å²) in [7, 11) is 0. The maximum atomic E-state index is 10.2. The predicted molar refractivity (Wildman–Crippen MR) is 204 cm³/mol. The zero-order valence-corrected chi connectivity index (χ0v) is 31.5.